The molecule has 0 spiro atoms. The molecule has 1 aromatic carbocycles. The van der Waals surface area contributed by atoms with E-state index in [2.05, 4.69) is 4.98 Å². The minimum Gasteiger partial charge on any atom is -0.383 e. The number of nitrogens with zero attached hydrogens (tertiary/aromatic N) is 1. The molecule has 0 atom stereocenters. The molecule has 0 amide bonds. The minimum absolute atomic E-state index is 0.0907. The average molecular weight is 295 g/mol. The molecule has 5 heteroatoms. The highest BCUT2D eigenvalue weighted by Crippen LogP contribution is 2.23. The Morgan fingerprint density at radius 1 is 1.26 bits per heavy atom. The van der Waals surface area contributed by atoms with Crippen LogP contribution in [0.15, 0.2) is 30.5 Å². The summed E-state index contributed by atoms with van der Waals surface area (Å²) >= 11 is 11.8. The zero-order valence-corrected chi connectivity index (χ0v) is 11.8. The second kappa shape index (κ2) is 5.59. The van der Waals surface area contributed by atoms with E-state index >= 15 is 0 Å². The molecule has 0 saturated carbocycles. The van der Waals surface area contributed by atoms with Gasteiger partial charge in [0.1, 0.15) is 5.82 Å². The maximum Gasteiger partial charge on any atom is 0.170 e. The number of ketones is 1. The predicted molar refractivity (Wildman–Crippen MR) is 77.9 cm³/mol. The molecule has 0 unspecified atom stereocenters. The minimum atomic E-state index is -0.0907. The summed E-state index contributed by atoms with van der Waals surface area (Å²) < 4.78 is 0. The largest absolute Gasteiger partial charge is 0.383 e. The van der Waals surface area contributed by atoms with Crippen molar-refractivity contribution in [2.24, 2.45) is 0 Å². The van der Waals surface area contributed by atoms with Gasteiger partial charge in [-0.25, -0.2) is 4.98 Å². The summed E-state index contributed by atoms with van der Waals surface area (Å²) in [4.78, 5) is 16.2. The van der Waals surface area contributed by atoms with Gasteiger partial charge in [-0.2, -0.15) is 0 Å². The summed E-state index contributed by atoms with van der Waals surface area (Å²) in [5.74, 6) is 0.155. The highest BCUT2D eigenvalue weighted by molar-refractivity contribution is 6.42. The molecule has 0 aliphatic heterocycles. The van der Waals surface area contributed by atoms with E-state index < -0.39 is 0 Å². The average Bonchev–Trinajstić information content (AvgIpc) is 2.36. The van der Waals surface area contributed by atoms with E-state index in [0.717, 1.165) is 11.1 Å². The molecule has 2 N–H and O–H groups in total. The number of rotatable bonds is 3. The number of hydrogen-bond acceptors (Lipinski definition) is 3. The van der Waals surface area contributed by atoms with E-state index in [1.807, 2.05) is 6.92 Å². The molecule has 98 valence electrons. The van der Waals surface area contributed by atoms with Crippen LogP contribution in [0.5, 0.6) is 0 Å². The van der Waals surface area contributed by atoms with E-state index in [9.17, 15) is 4.79 Å². The summed E-state index contributed by atoms with van der Waals surface area (Å²) in [6, 6.07) is 6.86. The maximum absolute atomic E-state index is 12.2. The normalized spacial score (nSPS) is 10.5. The van der Waals surface area contributed by atoms with E-state index in [4.69, 9.17) is 28.9 Å². The summed E-state index contributed by atoms with van der Waals surface area (Å²) in [5, 5.41) is 0.900. The molecular weight excluding hydrogens is 283 g/mol. The molecule has 0 fully saturated rings. The number of nitrogen functional groups attached to an aromatic ring is 1. The molecule has 19 heavy (non-hydrogen) atoms. The van der Waals surface area contributed by atoms with Crippen LogP contribution in [-0.2, 0) is 6.42 Å². The van der Waals surface area contributed by atoms with Gasteiger partial charge in [0.2, 0.25) is 0 Å². The second-order valence-electron chi connectivity index (χ2n) is 4.29. The van der Waals surface area contributed by atoms with Crippen LogP contribution in [0.4, 0.5) is 5.82 Å². The van der Waals surface area contributed by atoms with Crippen LogP contribution in [0.1, 0.15) is 21.5 Å². The van der Waals surface area contributed by atoms with E-state index in [0.29, 0.717) is 15.6 Å². The third-order valence-electron chi connectivity index (χ3n) is 2.70. The van der Waals surface area contributed by atoms with Crippen LogP contribution < -0.4 is 5.73 Å². The predicted octanol–water partition coefficient (Wildman–Crippen LogP) is 3.70. The van der Waals surface area contributed by atoms with Crippen molar-refractivity contribution in [1.82, 2.24) is 4.98 Å². The standard InChI is InChI=1S/C14H12Cl2N2O/c1-8-4-10(14(17)18-7-8)13(19)6-9-2-3-11(15)12(16)5-9/h2-5,7H,6H2,1H3,(H2,17,18). The van der Waals surface area contributed by atoms with Crippen molar-refractivity contribution in [3.63, 3.8) is 0 Å². The van der Waals surface area contributed by atoms with Gasteiger partial charge in [0.25, 0.3) is 0 Å². The van der Waals surface area contributed by atoms with Crippen molar-refractivity contribution in [2.75, 3.05) is 5.73 Å². The Morgan fingerprint density at radius 3 is 2.68 bits per heavy atom. The first kappa shape index (κ1) is 13.8. The van der Waals surface area contributed by atoms with E-state index in [1.54, 1.807) is 30.5 Å². The van der Waals surface area contributed by atoms with Crippen LogP contribution in [0, 0.1) is 6.92 Å². The lowest BCUT2D eigenvalue weighted by atomic mass is 10.0. The van der Waals surface area contributed by atoms with Gasteiger partial charge in [-0.3, -0.25) is 4.79 Å². The number of nitrogens with two attached hydrogens (primary N) is 1. The third-order valence-corrected chi connectivity index (χ3v) is 3.44. The van der Waals surface area contributed by atoms with Crippen molar-refractivity contribution in [1.29, 1.82) is 0 Å². The molecule has 0 aliphatic carbocycles. The summed E-state index contributed by atoms with van der Waals surface area (Å²) in [7, 11) is 0. The number of pyridine rings is 1. The number of benzene rings is 1. The first-order chi connectivity index (χ1) is 8.97. The zero-order chi connectivity index (χ0) is 14.0. The second-order valence-corrected chi connectivity index (χ2v) is 5.11. The zero-order valence-electron chi connectivity index (χ0n) is 10.3. The van der Waals surface area contributed by atoms with Crippen molar-refractivity contribution < 1.29 is 4.79 Å². The molecule has 0 aliphatic rings. The number of aromatic nitrogens is 1. The monoisotopic (exact) mass is 294 g/mol. The smallest absolute Gasteiger partial charge is 0.170 e. The number of carbonyl (C=O) groups excluding carboxylic acids is 1. The lowest BCUT2D eigenvalue weighted by Crippen LogP contribution is -2.09. The lowest BCUT2D eigenvalue weighted by molar-refractivity contribution is 0.0993. The van der Waals surface area contributed by atoms with Crippen LogP contribution in [0.25, 0.3) is 0 Å². The van der Waals surface area contributed by atoms with Crippen LogP contribution in [0.3, 0.4) is 0 Å². The van der Waals surface area contributed by atoms with Gasteiger partial charge < -0.3 is 5.73 Å². The molecular formula is C14H12Cl2N2O. The molecule has 0 saturated heterocycles. The van der Waals surface area contributed by atoms with Crippen molar-refractivity contribution in [3.8, 4) is 0 Å². The molecule has 3 nitrogen and oxygen atoms in total. The van der Waals surface area contributed by atoms with Gasteiger partial charge in [0, 0.05) is 12.6 Å². The summed E-state index contributed by atoms with van der Waals surface area (Å²) in [5.41, 5.74) is 7.84. The Kier molecular flexibility index (Phi) is 4.08. The number of anilines is 1. The van der Waals surface area contributed by atoms with Crippen LogP contribution in [-0.4, -0.2) is 10.8 Å². The molecule has 0 bridgehead atoms. The van der Waals surface area contributed by atoms with Gasteiger partial charge >= 0.3 is 0 Å². The SMILES string of the molecule is Cc1cnc(N)c(C(=O)Cc2ccc(Cl)c(Cl)c2)c1. The van der Waals surface area contributed by atoms with Crippen LogP contribution in [0.2, 0.25) is 10.0 Å². The fraction of sp³-hybridized carbons (Fsp3) is 0.143. The van der Waals surface area contributed by atoms with Crippen molar-refractivity contribution in [2.45, 2.75) is 13.3 Å². The van der Waals surface area contributed by atoms with Gasteiger partial charge in [-0.05, 0) is 36.2 Å². The highest BCUT2D eigenvalue weighted by atomic mass is 35.5. The number of carbonyl (C=O) groups is 1. The Balaban J connectivity index is 2.25. The topological polar surface area (TPSA) is 56.0 Å². The number of hydrogen-bond donors (Lipinski definition) is 1. The van der Waals surface area contributed by atoms with Gasteiger partial charge in [0.15, 0.2) is 5.78 Å². The van der Waals surface area contributed by atoms with E-state index in [-0.39, 0.29) is 18.0 Å². The Bertz CT molecular complexity index is 641. The third kappa shape index (κ3) is 3.25. The lowest BCUT2D eigenvalue weighted by Gasteiger charge is -2.06. The van der Waals surface area contributed by atoms with E-state index in [1.165, 1.54) is 0 Å². The summed E-state index contributed by atoms with van der Waals surface area (Å²) in [6.07, 6.45) is 1.84. The fourth-order valence-electron chi connectivity index (χ4n) is 1.73. The number of aryl methyl sites for hydroxylation is 1. The molecule has 1 heterocycles. The molecule has 0 radical (unpaired) electrons. The van der Waals surface area contributed by atoms with Gasteiger partial charge in [-0.15, -0.1) is 0 Å². The summed E-state index contributed by atoms with van der Waals surface area (Å²) in [6.45, 7) is 1.86. The Labute approximate surface area is 121 Å². The molecule has 2 rings (SSSR count). The first-order valence-electron chi connectivity index (χ1n) is 5.66. The van der Waals surface area contributed by atoms with Crippen molar-refractivity contribution in [3.05, 3.63) is 57.2 Å². The van der Waals surface area contributed by atoms with Gasteiger partial charge in [0.05, 0.1) is 15.6 Å². The molecule has 1 aromatic heterocycles. The number of halogens is 2. The Morgan fingerprint density at radius 2 is 2.00 bits per heavy atom. The Hall–Kier alpha value is -1.58. The number of Topliss-reactive ketones (excluding diaryl/α,β-unsaturated/α-hetero) is 1. The maximum atomic E-state index is 12.2. The highest BCUT2D eigenvalue weighted by Gasteiger charge is 2.12. The fourth-order valence-corrected chi connectivity index (χ4v) is 2.05. The van der Waals surface area contributed by atoms with Crippen LogP contribution >= 0.6 is 23.2 Å². The van der Waals surface area contributed by atoms with Crippen molar-refractivity contribution >= 4 is 34.8 Å². The van der Waals surface area contributed by atoms with Gasteiger partial charge in [-0.1, -0.05) is 29.3 Å². The first-order valence-corrected chi connectivity index (χ1v) is 6.42. The quantitative estimate of drug-likeness (QED) is 0.878. The molecule has 2 aromatic rings.